The van der Waals surface area contributed by atoms with E-state index in [1.807, 2.05) is 0 Å². The van der Waals surface area contributed by atoms with Gasteiger partial charge in [-0.25, -0.2) is 15.0 Å². The van der Waals surface area contributed by atoms with E-state index in [2.05, 4.69) is 19.7 Å². The fourth-order valence-corrected chi connectivity index (χ4v) is 2.22. The van der Waals surface area contributed by atoms with E-state index in [1.54, 1.807) is 36.0 Å². The number of aromatic nitrogens is 4. The lowest BCUT2D eigenvalue weighted by Gasteiger charge is -2.11. The van der Waals surface area contributed by atoms with Crippen molar-refractivity contribution in [2.75, 3.05) is 5.73 Å². The van der Waals surface area contributed by atoms with E-state index in [9.17, 15) is 8.78 Å². The molecular weight excluding hydrogens is 292 g/mol. The maximum Gasteiger partial charge on any atom is 0.387 e. The molecule has 0 fully saturated rings. The zero-order valence-electron chi connectivity index (χ0n) is 11.7. The van der Waals surface area contributed by atoms with Crippen molar-refractivity contribution in [3.63, 3.8) is 0 Å². The number of benzene rings is 1. The number of halogens is 2. The summed E-state index contributed by atoms with van der Waals surface area (Å²) in [7, 11) is 0. The van der Waals surface area contributed by atoms with Gasteiger partial charge in [0.05, 0.1) is 12.9 Å². The molecule has 0 radical (unpaired) electrons. The van der Waals surface area contributed by atoms with Crippen LogP contribution in [0.4, 0.5) is 14.6 Å². The van der Waals surface area contributed by atoms with E-state index in [4.69, 9.17) is 5.73 Å². The van der Waals surface area contributed by atoms with Gasteiger partial charge in [-0.05, 0) is 13.0 Å². The van der Waals surface area contributed by atoms with Crippen molar-refractivity contribution in [3.05, 3.63) is 42.0 Å². The van der Waals surface area contributed by atoms with Crippen molar-refractivity contribution < 1.29 is 13.5 Å². The standard InChI is InChI=1S/C14H13F2N5O/c1-8-19-12(17)11-13(20-8)21(7-18-11)6-9-4-2-3-5-10(9)22-14(15)16/h2-5,7,14H,6H2,1H3,(H2,17,19,20). The highest BCUT2D eigenvalue weighted by Crippen LogP contribution is 2.23. The molecule has 0 atom stereocenters. The summed E-state index contributed by atoms with van der Waals surface area (Å²) in [5, 5.41) is 0. The van der Waals surface area contributed by atoms with Gasteiger partial charge in [0, 0.05) is 5.56 Å². The quantitative estimate of drug-likeness (QED) is 0.800. The highest BCUT2D eigenvalue weighted by Gasteiger charge is 2.13. The van der Waals surface area contributed by atoms with Crippen molar-refractivity contribution in [2.45, 2.75) is 20.1 Å². The van der Waals surface area contributed by atoms with Crippen molar-refractivity contribution in [1.29, 1.82) is 0 Å². The van der Waals surface area contributed by atoms with Gasteiger partial charge in [0.2, 0.25) is 0 Å². The number of nitrogens with zero attached hydrogens (tertiary/aromatic N) is 4. The SMILES string of the molecule is Cc1nc(N)c2ncn(Cc3ccccc3OC(F)F)c2n1. The lowest BCUT2D eigenvalue weighted by Crippen LogP contribution is -2.07. The predicted octanol–water partition coefficient (Wildman–Crippen LogP) is 2.37. The van der Waals surface area contributed by atoms with Gasteiger partial charge in [0.25, 0.3) is 0 Å². The van der Waals surface area contributed by atoms with Crippen LogP contribution < -0.4 is 10.5 Å². The van der Waals surface area contributed by atoms with Gasteiger partial charge in [-0.15, -0.1) is 0 Å². The molecular formula is C14H13F2N5O. The Hall–Kier alpha value is -2.77. The van der Waals surface area contributed by atoms with Crippen molar-refractivity contribution >= 4 is 17.0 Å². The molecule has 8 heteroatoms. The molecule has 6 nitrogen and oxygen atoms in total. The van der Waals surface area contributed by atoms with Crippen LogP contribution in [0.2, 0.25) is 0 Å². The number of anilines is 1. The summed E-state index contributed by atoms with van der Waals surface area (Å²) in [6.07, 6.45) is 1.55. The van der Waals surface area contributed by atoms with Crippen LogP contribution in [-0.2, 0) is 6.54 Å². The van der Waals surface area contributed by atoms with Crippen molar-refractivity contribution in [2.24, 2.45) is 0 Å². The van der Waals surface area contributed by atoms with Gasteiger partial charge in [-0.2, -0.15) is 8.78 Å². The summed E-state index contributed by atoms with van der Waals surface area (Å²) in [5.41, 5.74) is 7.44. The van der Waals surface area contributed by atoms with E-state index in [-0.39, 0.29) is 12.3 Å². The third kappa shape index (κ3) is 2.67. The Balaban J connectivity index is 2.01. The Morgan fingerprint density at radius 1 is 1.27 bits per heavy atom. The zero-order valence-corrected chi connectivity index (χ0v) is 11.7. The monoisotopic (exact) mass is 305 g/mol. The Morgan fingerprint density at radius 2 is 2.05 bits per heavy atom. The highest BCUT2D eigenvalue weighted by molar-refractivity contribution is 5.81. The van der Waals surface area contributed by atoms with Crippen LogP contribution in [0.3, 0.4) is 0 Å². The maximum atomic E-state index is 12.5. The van der Waals surface area contributed by atoms with E-state index in [0.29, 0.717) is 28.4 Å². The maximum absolute atomic E-state index is 12.5. The summed E-state index contributed by atoms with van der Waals surface area (Å²) < 4.78 is 31.2. The van der Waals surface area contributed by atoms with Crippen LogP contribution in [-0.4, -0.2) is 26.1 Å². The first-order valence-corrected chi connectivity index (χ1v) is 6.52. The van der Waals surface area contributed by atoms with Crippen LogP contribution >= 0.6 is 0 Å². The normalized spacial score (nSPS) is 11.3. The summed E-state index contributed by atoms with van der Waals surface area (Å²) in [6, 6.07) is 6.59. The Bertz CT molecular complexity index is 818. The van der Waals surface area contributed by atoms with E-state index < -0.39 is 6.61 Å². The second kappa shape index (κ2) is 5.55. The van der Waals surface area contributed by atoms with Crippen LogP contribution in [0.25, 0.3) is 11.2 Å². The van der Waals surface area contributed by atoms with Gasteiger partial charge in [-0.1, -0.05) is 18.2 Å². The second-order valence-corrected chi connectivity index (χ2v) is 4.69. The lowest BCUT2D eigenvalue weighted by atomic mass is 10.2. The minimum atomic E-state index is -2.87. The van der Waals surface area contributed by atoms with Crippen LogP contribution in [0.15, 0.2) is 30.6 Å². The van der Waals surface area contributed by atoms with Crippen molar-refractivity contribution in [1.82, 2.24) is 19.5 Å². The van der Waals surface area contributed by atoms with Crippen molar-refractivity contribution in [3.8, 4) is 5.75 Å². The van der Waals surface area contributed by atoms with Gasteiger partial charge in [0.1, 0.15) is 17.1 Å². The van der Waals surface area contributed by atoms with Crippen LogP contribution in [0.5, 0.6) is 5.75 Å². The first-order valence-electron chi connectivity index (χ1n) is 6.52. The molecule has 114 valence electrons. The fraction of sp³-hybridized carbons (Fsp3) is 0.214. The number of fused-ring (bicyclic) bond motifs is 1. The van der Waals surface area contributed by atoms with Gasteiger partial charge < -0.3 is 15.0 Å². The largest absolute Gasteiger partial charge is 0.434 e. The van der Waals surface area contributed by atoms with E-state index >= 15 is 0 Å². The topological polar surface area (TPSA) is 78.8 Å². The molecule has 0 spiro atoms. The number of rotatable bonds is 4. The number of hydrogen-bond donors (Lipinski definition) is 1. The average Bonchev–Trinajstić information content (AvgIpc) is 2.84. The molecule has 22 heavy (non-hydrogen) atoms. The molecule has 2 aromatic heterocycles. The molecule has 0 aliphatic heterocycles. The predicted molar refractivity (Wildman–Crippen MR) is 76.6 cm³/mol. The Kier molecular flexibility index (Phi) is 3.58. The van der Waals surface area contributed by atoms with E-state index in [1.165, 1.54) is 6.07 Å². The molecule has 0 unspecified atom stereocenters. The summed E-state index contributed by atoms with van der Waals surface area (Å²) in [6.45, 7) is -0.864. The number of nitrogen functional groups attached to an aromatic ring is 1. The Labute approximate surface area is 124 Å². The zero-order chi connectivity index (χ0) is 15.7. The molecule has 0 saturated carbocycles. The van der Waals surface area contributed by atoms with Gasteiger partial charge in [0.15, 0.2) is 11.5 Å². The summed E-state index contributed by atoms with van der Waals surface area (Å²) in [5.74, 6) is 0.931. The molecule has 1 aromatic carbocycles. The lowest BCUT2D eigenvalue weighted by molar-refractivity contribution is -0.0504. The molecule has 3 rings (SSSR count). The molecule has 0 aliphatic rings. The molecule has 2 heterocycles. The summed E-state index contributed by atoms with van der Waals surface area (Å²) >= 11 is 0. The van der Waals surface area contributed by atoms with Gasteiger partial charge in [-0.3, -0.25) is 0 Å². The first-order chi connectivity index (χ1) is 10.5. The number of nitrogens with two attached hydrogens (primary N) is 1. The number of hydrogen-bond acceptors (Lipinski definition) is 5. The minimum absolute atomic E-state index is 0.123. The fourth-order valence-electron chi connectivity index (χ4n) is 2.22. The molecule has 0 saturated heterocycles. The average molecular weight is 305 g/mol. The smallest absolute Gasteiger partial charge is 0.387 e. The van der Waals surface area contributed by atoms with Crippen LogP contribution in [0.1, 0.15) is 11.4 Å². The molecule has 0 bridgehead atoms. The highest BCUT2D eigenvalue weighted by atomic mass is 19.3. The molecule has 0 aliphatic carbocycles. The first kappa shape index (κ1) is 14.2. The van der Waals surface area contributed by atoms with Gasteiger partial charge >= 0.3 is 6.61 Å². The minimum Gasteiger partial charge on any atom is -0.434 e. The number of alkyl halides is 2. The molecule has 3 aromatic rings. The number of para-hydroxylation sites is 1. The molecule has 0 amide bonds. The molecule has 2 N–H and O–H groups in total. The second-order valence-electron chi connectivity index (χ2n) is 4.69. The number of imidazole rings is 1. The van der Waals surface area contributed by atoms with E-state index in [0.717, 1.165) is 0 Å². The third-order valence-electron chi connectivity index (χ3n) is 3.13. The third-order valence-corrected chi connectivity index (χ3v) is 3.13. The van der Waals surface area contributed by atoms with Crippen LogP contribution in [0, 0.1) is 6.92 Å². The Morgan fingerprint density at radius 3 is 2.82 bits per heavy atom. The number of aryl methyl sites for hydroxylation is 1. The number of ether oxygens (including phenoxy) is 1. The summed E-state index contributed by atoms with van der Waals surface area (Å²) in [4.78, 5) is 12.5.